The van der Waals surface area contributed by atoms with Gasteiger partial charge in [-0.1, -0.05) is 12.2 Å². The van der Waals surface area contributed by atoms with Crippen molar-refractivity contribution in [1.29, 1.82) is 0 Å². The van der Waals surface area contributed by atoms with Crippen LogP contribution in [0.4, 0.5) is 0 Å². The number of aromatic nitrogens is 2. The maximum Gasteiger partial charge on any atom is 0.224 e. The Kier molecular flexibility index (Phi) is 5.55. The first-order valence-corrected chi connectivity index (χ1v) is 9.01. The van der Waals surface area contributed by atoms with Crippen LogP contribution in [0.2, 0.25) is 0 Å². The Morgan fingerprint density at radius 2 is 2.08 bits per heavy atom. The molecule has 1 aliphatic rings. The summed E-state index contributed by atoms with van der Waals surface area (Å²) in [5, 5.41) is 16.8. The third kappa shape index (κ3) is 4.30. The van der Waals surface area contributed by atoms with Crippen molar-refractivity contribution >= 4 is 23.2 Å². The maximum atomic E-state index is 12.3. The first kappa shape index (κ1) is 17.3. The van der Waals surface area contributed by atoms with Gasteiger partial charge in [0.2, 0.25) is 5.91 Å². The fourth-order valence-corrected chi connectivity index (χ4v) is 3.70. The Morgan fingerprint density at radius 1 is 1.28 bits per heavy atom. The van der Waals surface area contributed by atoms with Crippen molar-refractivity contribution in [3.8, 4) is 10.6 Å². The average molecular weight is 356 g/mol. The Bertz CT molecular complexity index is 773. The number of carbonyl (C=O) groups is 2. The van der Waals surface area contributed by atoms with Gasteiger partial charge in [-0.15, -0.1) is 11.3 Å². The zero-order chi connectivity index (χ0) is 17.6. The summed E-state index contributed by atoms with van der Waals surface area (Å²) in [6, 6.07) is 3.82. The summed E-state index contributed by atoms with van der Waals surface area (Å²) in [5.74, 6) is -2.70. The lowest BCUT2D eigenvalue weighted by atomic mass is 9.82. The molecule has 2 aromatic heterocycles. The number of aliphatic carboxylic acids is 1. The maximum absolute atomic E-state index is 12.3. The van der Waals surface area contributed by atoms with E-state index in [-0.39, 0.29) is 5.91 Å². The number of hydrogen-bond acceptors (Lipinski definition) is 6. The van der Waals surface area contributed by atoms with Gasteiger partial charge in [0.15, 0.2) is 0 Å². The summed E-state index contributed by atoms with van der Waals surface area (Å²) in [7, 11) is 0. The smallest absolute Gasteiger partial charge is 0.224 e. The lowest BCUT2D eigenvalue weighted by molar-refractivity contribution is -0.313. The van der Waals surface area contributed by atoms with Crippen LogP contribution in [0.3, 0.4) is 0 Å². The molecule has 0 aliphatic heterocycles. The van der Waals surface area contributed by atoms with Crippen LogP contribution in [-0.2, 0) is 16.0 Å². The lowest BCUT2D eigenvalue weighted by Crippen LogP contribution is -2.44. The van der Waals surface area contributed by atoms with E-state index in [0.29, 0.717) is 25.8 Å². The average Bonchev–Trinajstić information content (AvgIpc) is 3.11. The van der Waals surface area contributed by atoms with Gasteiger partial charge in [0.1, 0.15) is 5.01 Å². The number of nitrogens with one attached hydrogen (secondary N) is 1. The topological polar surface area (TPSA) is 95.0 Å². The van der Waals surface area contributed by atoms with Crippen LogP contribution in [-0.4, -0.2) is 28.4 Å². The molecule has 0 unspecified atom stereocenters. The monoisotopic (exact) mass is 356 g/mol. The van der Waals surface area contributed by atoms with Crippen molar-refractivity contribution in [2.75, 3.05) is 6.54 Å². The zero-order valence-electron chi connectivity index (χ0n) is 13.6. The van der Waals surface area contributed by atoms with Crippen molar-refractivity contribution in [2.45, 2.75) is 19.3 Å². The third-order valence-electron chi connectivity index (χ3n) is 4.21. The molecular formula is C18H18N3O3S-. The highest BCUT2D eigenvalue weighted by atomic mass is 32.1. The summed E-state index contributed by atoms with van der Waals surface area (Å²) in [5.41, 5.74) is 1.86. The van der Waals surface area contributed by atoms with E-state index in [1.807, 2.05) is 23.6 Å². The number of allylic oxidation sites excluding steroid dienone is 2. The Hall–Kier alpha value is -2.54. The van der Waals surface area contributed by atoms with Crippen LogP contribution in [0.5, 0.6) is 0 Å². The van der Waals surface area contributed by atoms with E-state index < -0.39 is 17.8 Å². The first-order valence-electron chi connectivity index (χ1n) is 8.13. The summed E-state index contributed by atoms with van der Waals surface area (Å²) in [4.78, 5) is 32.1. The third-order valence-corrected chi connectivity index (χ3v) is 5.15. The van der Waals surface area contributed by atoms with Crippen molar-refractivity contribution in [3.05, 3.63) is 47.8 Å². The van der Waals surface area contributed by atoms with Crippen molar-refractivity contribution in [1.82, 2.24) is 15.3 Å². The second kappa shape index (κ2) is 8.02. The minimum atomic E-state index is -1.16. The van der Waals surface area contributed by atoms with E-state index in [1.165, 1.54) is 11.3 Å². The molecule has 1 aliphatic carbocycles. The molecule has 2 aromatic rings. The van der Waals surface area contributed by atoms with Gasteiger partial charge in [0.05, 0.1) is 5.69 Å². The van der Waals surface area contributed by atoms with E-state index in [0.717, 1.165) is 16.3 Å². The second-order valence-corrected chi connectivity index (χ2v) is 6.76. The number of carboxylic acids is 1. The van der Waals surface area contributed by atoms with E-state index in [9.17, 15) is 14.7 Å². The van der Waals surface area contributed by atoms with Crippen molar-refractivity contribution in [3.63, 3.8) is 0 Å². The minimum Gasteiger partial charge on any atom is -0.550 e. The Labute approximate surface area is 149 Å². The molecule has 0 saturated heterocycles. The molecule has 2 atom stereocenters. The highest BCUT2D eigenvalue weighted by Gasteiger charge is 2.29. The van der Waals surface area contributed by atoms with Gasteiger partial charge >= 0.3 is 0 Å². The van der Waals surface area contributed by atoms with Gasteiger partial charge in [-0.3, -0.25) is 9.78 Å². The molecule has 0 radical (unpaired) electrons. The van der Waals surface area contributed by atoms with Gasteiger partial charge in [0, 0.05) is 54.1 Å². The summed E-state index contributed by atoms with van der Waals surface area (Å²) >= 11 is 1.53. The van der Waals surface area contributed by atoms with Crippen molar-refractivity contribution in [2.24, 2.45) is 11.8 Å². The molecule has 3 rings (SSSR count). The lowest BCUT2D eigenvalue weighted by Gasteiger charge is -2.28. The molecule has 7 heteroatoms. The molecule has 1 amide bonds. The number of pyridine rings is 1. The van der Waals surface area contributed by atoms with Crippen LogP contribution in [0.1, 0.15) is 18.5 Å². The van der Waals surface area contributed by atoms with Crippen LogP contribution in [0, 0.1) is 11.8 Å². The number of carbonyl (C=O) groups excluding carboxylic acids is 2. The van der Waals surface area contributed by atoms with Crippen LogP contribution >= 0.6 is 11.3 Å². The quantitative estimate of drug-likeness (QED) is 0.785. The molecule has 2 heterocycles. The van der Waals surface area contributed by atoms with E-state index in [4.69, 9.17) is 0 Å². The fourth-order valence-electron chi connectivity index (χ4n) is 2.85. The highest BCUT2D eigenvalue weighted by molar-refractivity contribution is 7.13. The zero-order valence-corrected chi connectivity index (χ0v) is 14.4. The number of hydrogen-bond donors (Lipinski definition) is 1. The SMILES string of the molecule is O=C(NCCc1csc(-c2cccnc2)n1)[C@H]1CC=CC[C@H]1C(=O)[O-]. The molecule has 25 heavy (non-hydrogen) atoms. The summed E-state index contributed by atoms with van der Waals surface area (Å²) in [6.45, 7) is 0.426. The predicted molar refractivity (Wildman–Crippen MR) is 92.4 cm³/mol. The van der Waals surface area contributed by atoms with Gasteiger partial charge in [-0.05, 0) is 25.0 Å². The van der Waals surface area contributed by atoms with Crippen molar-refractivity contribution < 1.29 is 14.7 Å². The standard InChI is InChI=1S/C18H19N3O3S/c22-16(14-5-1-2-6-15(14)18(23)24)20-9-7-13-11-25-17(21-13)12-4-3-8-19-10-12/h1-4,8,10-11,14-15H,5-7,9H2,(H,20,22)(H,23,24)/p-1/t14-,15+/m0/s1. The number of rotatable bonds is 6. The Balaban J connectivity index is 1.53. The summed E-state index contributed by atoms with van der Waals surface area (Å²) < 4.78 is 0. The second-order valence-electron chi connectivity index (χ2n) is 5.90. The van der Waals surface area contributed by atoms with E-state index >= 15 is 0 Å². The van der Waals surface area contributed by atoms with Gasteiger partial charge in [-0.2, -0.15) is 0 Å². The normalized spacial score (nSPS) is 19.5. The molecule has 0 aromatic carbocycles. The predicted octanol–water partition coefficient (Wildman–Crippen LogP) is 1.20. The van der Waals surface area contributed by atoms with Crippen LogP contribution < -0.4 is 10.4 Å². The fraction of sp³-hybridized carbons (Fsp3) is 0.333. The van der Waals surface area contributed by atoms with E-state index in [1.54, 1.807) is 18.5 Å². The highest BCUT2D eigenvalue weighted by Crippen LogP contribution is 2.25. The molecule has 130 valence electrons. The van der Waals surface area contributed by atoms with Gasteiger partial charge < -0.3 is 15.2 Å². The first-order chi connectivity index (χ1) is 12.1. The van der Waals surface area contributed by atoms with Gasteiger partial charge in [-0.25, -0.2) is 4.98 Å². The molecule has 0 fully saturated rings. The molecule has 1 N–H and O–H groups in total. The number of amides is 1. The van der Waals surface area contributed by atoms with E-state index in [2.05, 4.69) is 15.3 Å². The Morgan fingerprint density at radius 3 is 2.80 bits per heavy atom. The largest absolute Gasteiger partial charge is 0.550 e. The number of thiazole rings is 1. The van der Waals surface area contributed by atoms with Crippen LogP contribution in [0.15, 0.2) is 42.1 Å². The van der Waals surface area contributed by atoms with Gasteiger partial charge in [0.25, 0.3) is 0 Å². The molecule has 0 saturated carbocycles. The minimum absolute atomic E-state index is 0.235. The molecule has 0 bridgehead atoms. The molecule has 0 spiro atoms. The summed E-state index contributed by atoms with van der Waals surface area (Å²) in [6.07, 6.45) is 8.51. The number of nitrogens with zero attached hydrogens (tertiary/aromatic N) is 2. The van der Waals surface area contributed by atoms with Crippen LogP contribution in [0.25, 0.3) is 10.6 Å². The number of carboxylic acid groups (broad SMARTS) is 1. The molecule has 6 nitrogen and oxygen atoms in total. The molecular weight excluding hydrogens is 338 g/mol.